The first-order valence-electron chi connectivity index (χ1n) is 2.98. The SMILES string of the molecule is [Li+].[O-]C(=S)c1cc(O)c(O)c(O)c1. The number of phenols is 3. The summed E-state index contributed by atoms with van der Waals surface area (Å²) in [7, 11) is 0. The first kappa shape index (κ1) is 12.1. The van der Waals surface area contributed by atoms with Gasteiger partial charge < -0.3 is 20.4 Å². The van der Waals surface area contributed by atoms with Crippen molar-refractivity contribution in [1.82, 2.24) is 0 Å². The van der Waals surface area contributed by atoms with Gasteiger partial charge in [-0.3, -0.25) is 0 Å². The van der Waals surface area contributed by atoms with Gasteiger partial charge in [-0.05, 0) is 22.7 Å². The Morgan fingerprint density at radius 3 is 1.85 bits per heavy atom. The number of aromatic hydroxyl groups is 3. The van der Waals surface area contributed by atoms with Crippen LogP contribution in [0, 0.1) is 0 Å². The van der Waals surface area contributed by atoms with E-state index in [2.05, 4.69) is 12.2 Å². The van der Waals surface area contributed by atoms with Gasteiger partial charge in [-0.15, -0.1) is 0 Å². The molecule has 0 atom stereocenters. The molecule has 1 aromatic carbocycles. The Bertz CT molecular complexity index is 316. The fourth-order valence-corrected chi connectivity index (χ4v) is 0.840. The maximum atomic E-state index is 10.6. The fourth-order valence-electron chi connectivity index (χ4n) is 0.722. The molecule has 6 heteroatoms. The number of hydrogen-bond donors (Lipinski definition) is 3. The third-order valence-electron chi connectivity index (χ3n) is 1.31. The monoisotopic (exact) mass is 192 g/mol. The van der Waals surface area contributed by atoms with Crippen LogP contribution in [0.25, 0.3) is 0 Å². The Morgan fingerprint density at radius 1 is 1.15 bits per heavy atom. The van der Waals surface area contributed by atoms with Crippen molar-refractivity contribution in [3.63, 3.8) is 0 Å². The second kappa shape index (κ2) is 4.37. The van der Waals surface area contributed by atoms with Crippen LogP contribution in [0.4, 0.5) is 0 Å². The van der Waals surface area contributed by atoms with Crippen molar-refractivity contribution in [1.29, 1.82) is 0 Å². The number of benzene rings is 1. The van der Waals surface area contributed by atoms with E-state index in [0.717, 1.165) is 12.1 Å². The number of phenolic OH excluding ortho intramolecular Hbond substituents is 3. The Morgan fingerprint density at radius 2 is 1.54 bits per heavy atom. The first-order valence-corrected chi connectivity index (χ1v) is 3.39. The van der Waals surface area contributed by atoms with Crippen molar-refractivity contribution < 1.29 is 39.3 Å². The molecule has 0 spiro atoms. The van der Waals surface area contributed by atoms with Crippen molar-refractivity contribution >= 4 is 17.3 Å². The molecular formula is C7H5LiO4S. The minimum absolute atomic E-state index is 0. The normalized spacial score (nSPS) is 8.92. The molecule has 1 aromatic rings. The molecule has 0 aliphatic rings. The van der Waals surface area contributed by atoms with Gasteiger partial charge in [0.05, 0.1) is 0 Å². The summed E-state index contributed by atoms with van der Waals surface area (Å²) in [6.45, 7) is 0. The minimum Gasteiger partial charge on any atom is -0.864 e. The van der Waals surface area contributed by atoms with Crippen LogP contribution in [-0.2, 0) is 0 Å². The van der Waals surface area contributed by atoms with Crippen molar-refractivity contribution in [3.8, 4) is 17.2 Å². The molecule has 0 heterocycles. The summed E-state index contributed by atoms with van der Waals surface area (Å²) in [5.41, 5.74) is -0.0298. The van der Waals surface area contributed by atoms with Gasteiger partial charge >= 0.3 is 18.9 Å². The van der Waals surface area contributed by atoms with E-state index in [1.807, 2.05) is 0 Å². The Labute approximate surface area is 91.6 Å². The van der Waals surface area contributed by atoms with E-state index in [1.54, 1.807) is 0 Å². The quantitative estimate of drug-likeness (QED) is 0.248. The van der Waals surface area contributed by atoms with Gasteiger partial charge in [0.1, 0.15) is 0 Å². The molecule has 0 radical (unpaired) electrons. The number of rotatable bonds is 1. The number of hydrogen-bond acceptors (Lipinski definition) is 5. The molecule has 0 amide bonds. The van der Waals surface area contributed by atoms with E-state index in [9.17, 15) is 5.11 Å². The average Bonchev–Trinajstić information content (AvgIpc) is 1.99. The van der Waals surface area contributed by atoms with Gasteiger partial charge in [0, 0.05) is 0 Å². The maximum Gasteiger partial charge on any atom is 1.00 e. The van der Waals surface area contributed by atoms with E-state index in [4.69, 9.17) is 15.3 Å². The third-order valence-corrected chi connectivity index (χ3v) is 1.54. The first-order chi connectivity index (χ1) is 5.52. The summed E-state index contributed by atoms with van der Waals surface area (Å²) in [5, 5.41) is 36.6. The molecule has 0 aliphatic carbocycles. The molecule has 0 saturated heterocycles. The van der Waals surface area contributed by atoms with E-state index < -0.39 is 22.3 Å². The van der Waals surface area contributed by atoms with Crippen LogP contribution in [-0.4, -0.2) is 20.4 Å². The van der Waals surface area contributed by atoms with Gasteiger partial charge in [0.2, 0.25) is 0 Å². The molecule has 13 heavy (non-hydrogen) atoms. The van der Waals surface area contributed by atoms with Crippen LogP contribution in [0.1, 0.15) is 5.56 Å². The Hall–Kier alpha value is -0.893. The van der Waals surface area contributed by atoms with Crippen LogP contribution in [0.5, 0.6) is 17.2 Å². The van der Waals surface area contributed by atoms with E-state index in [1.165, 1.54) is 0 Å². The van der Waals surface area contributed by atoms with E-state index in [-0.39, 0.29) is 24.4 Å². The summed E-state index contributed by atoms with van der Waals surface area (Å²) in [6, 6.07) is 1.98. The van der Waals surface area contributed by atoms with Crippen LogP contribution in [0.2, 0.25) is 0 Å². The van der Waals surface area contributed by atoms with E-state index in [0.29, 0.717) is 0 Å². The minimum atomic E-state index is -0.708. The zero-order chi connectivity index (χ0) is 9.30. The summed E-state index contributed by atoms with van der Waals surface area (Å²) in [6.07, 6.45) is 0. The largest absolute Gasteiger partial charge is 1.00 e. The Balaban J connectivity index is 0.00000144. The zero-order valence-corrected chi connectivity index (χ0v) is 7.63. The van der Waals surface area contributed by atoms with Gasteiger partial charge in [0.25, 0.3) is 0 Å². The molecule has 0 aromatic heterocycles. The van der Waals surface area contributed by atoms with Crippen LogP contribution < -0.4 is 24.0 Å². The average molecular weight is 192 g/mol. The van der Waals surface area contributed by atoms with Crippen molar-refractivity contribution in [2.24, 2.45) is 0 Å². The molecular weight excluding hydrogens is 187 g/mol. The van der Waals surface area contributed by atoms with Gasteiger partial charge in [-0.25, -0.2) is 0 Å². The van der Waals surface area contributed by atoms with Gasteiger partial charge in [-0.1, -0.05) is 12.2 Å². The van der Waals surface area contributed by atoms with Crippen molar-refractivity contribution in [2.45, 2.75) is 0 Å². The summed E-state index contributed by atoms with van der Waals surface area (Å²) in [5.74, 6) is -1.79. The molecule has 3 N–H and O–H groups in total. The molecule has 0 unspecified atom stereocenters. The standard InChI is InChI=1S/C7H6O4S.Li/c8-4-1-3(7(11)12)2-5(9)6(4)10;/h1-2,8-10H,(H,11,12);/q;+1/p-1. The van der Waals surface area contributed by atoms with Gasteiger partial charge in [-0.2, -0.15) is 0 Å². The summed E-state index contributed by atoms with van der Waals surface area (Å²) < 4.78 is 0. The topological polar surface area (TPSA) is 83.8 Å². The van der Waals surface area contributed by atoms with Crippen LogP contribution in [0.15, 0.2) is 12.1 Å². The Kier molecular flexibility index (Phi) is 4.07. The molecule has 0 saturated carbocycles. The fraction of sp³-hybridized carbons (Fsp3) is 0. The van der Waals surface area contributed by atoms with Gasteiger partial charge in [0.15, 0.2) is 17.2 Å². The second-order valence-corrected chi connectivity index (χ2v) is 2.52. The predicted molar refractivity (Wildman–Crippen MR) is 43.1 cm³/mol. The molecule has 0 fully saturated rings. The number of thiocarbonyl (C=S) groups is 1. The maximum absolute atomic E-state index is 10.6. The van der Waals surface area contributed by atoms with Crippen molar-refractivity contribution in [2.75, 3.05) is 0 Å². The predicted octanol–water partition coefficient (Wildman–Crippen LogP) is -3.16. The third kappa shape index (κ3) is 2.52. The molecule has 1 rings (SSSR count). The van der Waals surface area contributed by atoms with Crippen molar-refractivity contribution in [3.05, 3.63) is 17.7 Å². The second-order valence-electron chi connectivity index (χ2n) is 2.15. The summed E-state index contributed by atoms with van der Waals surface area (Å²) in [4.78, 5) is 0. The zero-order valence-electron chi connectivity index (χ0n) is 6.81. The van der Waals surface area contributed by atoms with Crippen LogP contribution in [0.3, 0.4) is 0 Å². The smallest absolute Gasteiger partial charge is 0.864 e. The summed E-state index contributed by atoms with van der Waals surface area (Å²) >= 11 is 4.27. The molecule has 4 nitrogen and oxygen atoms in total. The molecule has 0 bridgehead atoms. The molecule has 64 valence electrons. The molecule has 0 aliphatic heterocycles. The van der Waals surface area contributed by atoms with Crippen LogP contribution >= 0.6 is 12.2 Å². The van der Waals surface area contributed by atoms with E-state index >= 15 is 0 Å².